The Morgan fingerprint density at radius 3 is 2.30 bits per heavy atom. The van der Waals surface area contributed by atoms with Gasteiger partial charge in [0.1, 0.15) is 0 Å². The molecule has 2 aromatic carbocycles. The number of nitrogens with one attached hydrogen (secondary N) is 1. The van der Waals surface area contributed by atoms with Gasteiger partial charge in [-0.15, -0.1) is 0 Å². The van der Waals surface area contributed by atoms with Crippen LogP contribution in [-0.2, 0) is 16.6 Å². The summed E-state index contributed by atoms with van der Waals surface area (Å²) in [5, 5.41) is 8.28. The van der Waals surface area contributed by atoms with Crippen LogP contribution in [0, 0.1) is 0 Å². The van der Waals surface area contributed by atoms with Gasteiger partial charge >= 0.3 is 0 Å². The summed E-state index contributed by atoms with van der Waals surface area (Å²) in [6.07, 6.45) is 0. The Hall–Kier alpha value is -1.77. The number of sulfonamides is 1. The summed E-state index contributed by atoms with van der Waals surface area (Å²) in [5.41, 5.74) is 1.66. The molecule has 0 unspecified atom stereocenters. The van der Waals surface area contributed by atoms with Crippen LogP contribution in [0.3, 0.4) is 0 Å². The van der Waals surface area contributed by atoms with Crippen molar-refractivity contribution in [2.45, 2.75) is 11.4 Å². The fourth-order valence-electron chi connectivity index (χ4n) is 2.10. The van der Waals surface area contributed by atoms with Crippen molar-refractivity contribution in [1.82, 2.24) is 0 Å². The van der Waals surface area contributed by atoms with E-state index in [-0.39, 0.29) is 4.90 Å². The van der Waals surface area contributed by atoms with E-state index in [0.717, 1.165) is 15.7 Å². The number of primary sulfonamides is 1. The molecule has 0 aliphatic heterocycles. The zero-order valence-electron chi connectivity index (χ0n) is 12.7. The van der Waals surface area contributed by atoms with E-state index in [4.69, 9.17) is 14.6 Å². The number of hydrogen-bond donors (Lipinski definition) is 2. The fraction of sp³-hybridized carbons (Fsp3) is 0.200. The first-order valence-electron chi connectivity index (χ1n) is 6.62. The van der Waals surface area contributed by atoms with Crippen LogP contribution >= 0.6 is 15.9 Å². The first-order chi connectivity index (χ1) is 10.8. The Kier molecular flexibility index (Phi) is 5.51. The van der Waals surface area contributed by atoms with Gasteiger partial charge in [0.05, 0.1) is 19.1 Å². The Balaban J connectivity index is 2.19. The number of benzene rings is 2. The molecule has 0 amide bonds. The third-order valence-electron chi connectivity index (χ3n) is 3.19. The van der Waals surface area contributed by atoms with Crippen LogP contribution in [0.1, 0.15) is 5.56 Å². The normalized spacial score (nSPS) is 11.1. The third kappa shape index (κ3) is 4.37. The van der Waals surface area contributed by atoms with Crippen LogP contribution < -0.4 is 19.9 Å². The Labute approximate surface area is 143 Å². The van der Waals surface area contributed by atoms with Crippen LogP contribution in [0.2, 0.25) is 0 Å². The molecular formula is C15H17BrN2O4S. The second-order valence-corrected chi connectivity index (χ2v) is 7.20. The van der Waals surface area contributed by atoms with Gasteiger partial charge in [-0.1, -0.05) is 15.9 Å². The SMILES string of the molecule is COc1cc(Br)cc(CNc2ccc(S(N)(=O)=O)cc2)c1OC. The average Bonchev–Trinajstić information content (AvgIpc) is 2.51. The van der Waals surface area contributed by atoms with Gasteiger partial charge < -0.3 is 14.8 Å². The summed E-state index contributed by atoms with van der Waals surface area (Å²) >= 11 is 3.43. The number of anilines is 1. The van der Waals surface area contributed by atoms with Crippen molar-refractivity contribution < 1.29 is 17.9 Å². The molecule has 0 saturated heterocycles. The standard InChI is InChI=1S/C15H17BrN2O4S/c1-21-14-8-11(16)7-10(15(14)22-2)9-18-12-3-5-13(6-4-12)23(17,19)20/h3-8,18H,9H2,1-2H3,(H2,17,19,20). The number of hydrogen-bond acceptors (Lipinski definition) is 5. The molecule has 0 radical (unpaired) electrons. The second kappa shape index (κ2) is 7.20. The van der Waals surface area contributed by atoms with E-state index in [1.165, 1.54) is 12.1 Å². The van der Waals surface area contributed by atoms with Crippen molar-refractivity contribution >= 4 is 31.6 Å². The predicted octanol–water partition coefficient (Wildman–Crippen LogP) is 2.73. The molecule has 6 nitrogen and oxygen atoms in total. The molecule has 124 valence electrons. The van der Waals surface area contributed by atoms with E-state index >= 15 is 0 Å². The molecule has 2 aromatic rings. The van der Waals surface area contributed by atoms with Crippen LogP contribution in [0.4, 0.5) is 5.69 Å². The van der Waals surface area contributed by atoms with Gasteiger partial charge in [0.25, 0.3) is 0 Å². The lowest BCUT2D eigenvalue weighted by atomic mass is 10.1. The highest BCUT2D eigenvalue weighted by Gasteiger charge is 2.12. The summed E-state index contributed by atoms with van der Waals surface area (Å²) in [6, 6.07) is 9.96. The van der Waals surface area contributed by atoms with Crippen molar-refractivity contribution in [2.75, 3.05) is 19.5 Å². The van der Waals surface area contributed by atoms with Crippen molar-refractivity contribution in [3.05, 3.63) is 46.4 Å². The van der Waals surface area contributed by atoms with Gasteiger partial charge in [-0.2, -0.15) is 0 Å². The summed E-state index contributed by atoms with van der Waals surface area (Å²) in [7, 11) is -0.526. The summed E-state index contributed by atoms with van der Waals surface area (Å²) in [6.45, 7) is 0.480. The highest BCUT2D eigenvalue weighted by molar-refractivity contribution is 9.10. The Morgan fingerprint density at radius 2 is 1.78 bits per heavy atom. The smallest absolute Gasteiger partial charge is 0.238 e. The molecule has 0 aliphatic carbocycles. The maximum atomic E-state index is 11.2. The molecule has 0 heterocycles. The van der Waals surface area contributed by atoms with E-state index < -0.39 is 10.0 Å². The first kappa shape index (κ1) is 17.6. The average molecular weight is 401 g/mol. The molecule has 0 aromatic heterocycles. The van der Waals surface area contributed by atoms with Gasteiger partial charge in [0.2, 0.25) is 10.0 Å². The number of ether oxygens (including phenoxy) is 2. The van der Waals surface area contributed by atoms with Crippen LogP contribution in [0.5, 0.6) is 11.5 Å². The van der Waals surface area contributed by atoms with Gasteiger partial charge in [-0.05, 0) is 36.4 Å². The highest BCUT2D eigenvalue weighted by atomic mass is 79.9. The van der Waals surface area contributed by atoms with E-state index in [1.54, 1.807) is 26.4 Å². The summed E-state index contributed by atoms with van der Waals surface area (Å²) in [5.74, 6) is 1.27. The summed E-state index contributed by atoms with van der Waals surface area (Å²) < 4.78 is 34.0. The van der Waals surface area contributed by atoms with E-state index in [9.17, 15) is 8.42 Å². The monoisotopic (exact) mass is 400 g/mol. The molecule has 0 saturated carbocycles. The molecule has 3 N–H and O–H groups in total. The van der Waals surface area contributed by atoms with Crippen LogP contribution in [-0.4, -0.2) is 22.6 Å². The van der Waals surface area contributed by atoms with Gasteiger partial charge in [0.15, 0.2) is 11.5 Å². The molecule has 0 spiro atoms. The molecule has 23 heavy (non-hydrogen) atoms. The minimum atomic E-state index is -3.68. The number of rotatable bonds is 6. The molecular weight excluding hydrogens is 384 g/mol. The number of halogens is 1. The zero-order valence-corrected chi connectivity index (χ0v) is 15.1. The van der Waals surface area contributed by atoms with E-state index in [0.29, 0.717) is 18.0 Å². The second-order valence-electron chi connectivity index (χ2n) is 4.72. The Morgan fingerprint density at radius 1 is 1.13 bits per heavy atom. The predicted molar refractivity (Wildman–Crippen MR) is 92.4 cm³/mol. The summed E-state index contributed by atoms with van der Waals surface area (Å²) in [4.78, 5) is 0.0738. The topological polar surface area (TPSA) is 90.6 Å². The minimum Gasteiger partial charge on any atom is -0.493 e. The highest BCUT2D eigenvalue weighted by Crippen LogP contribution is 2.35. The maximum absolute atomic E-state index is 11.2. The minimum absolute atomic E-state index is 0.0738. The van der Waals surface area contributed by atoms with E-state index in [1.807, 2.05) is 12.1 Å². The lowest BCUT2D eigenvalue weighted by Gasteiger charge is -2.14. The van der Waals surface area contributed by atoms with Crippen molar-refractivity contribution in [3.8, 4) is 11.5 Å². The van der Waals surface area contributed by atoms with Crippen molar-refractivity contribution in [3.63, 3.8) is 0 Å². The quantitative estimate of drug-likeness (QED) is 0.777. The third-order valence-corrected chi connectivity index (χ3v) is 4.57. The van der Waals surface area contributed by atoms with Gasteiger partial charge in [0, 0.05) is 22.3 Å². The Bertz CT molecular complexity index is 792. The molecule has 0 fully saturated rings. The molecule has 0 atom stereocenters. The number of methoxy groups -OCH3 is 2. The largest absolute Gasteiger partial charge is 0.493 e. The zero-order chi connectivity index (χ0) is 17.0. The number of nitrogens with two attached hydrogens (primary N) is 1. The van der Waals surface area contributed by atoms with E-state index in [2.05, 4.69) is 21.2 Å². The van der Waals surface area contributed by atoms with Crippen molar-refractivity contribution in [2.24, 2.45) is 5.14 Å². The van der Waals surface area contributed by atoms with Crippen LogP contribution in [0.15, 0.2) is 45.8 Å². The molecule has 8 heteroatoms. The maximum Gasteiger partial charge on any atom is 0.238 e. The van der Waals surface area contributed by atoms with Gasteiger partial charge in [-0.25, -0.2) is 13.6 Å². The molecule has 0 bridgehead atoms. The lowest BCUT2D eigenvalue weighted by Crippen LogP contribution is -2.12. The molecule has 2 rings (SSSR count). The fourth-order valence-corrected chi connectivity index (χ4v) is 3.10. The van der Waals surface area contributed by atoms with Gasteiger partial charge in [-0.3, -0.25) is 0 Å². The molecule has 0 aliphatic rings. The lowest BCUT2D eigenvalue weighted by molar-refractivity contribution is 0.352. The first-order valence-corrected chi connectivity index (χ1v) is 8.96. The van der Waals surface area contributed by atoms with Crippen molar-refractivity contribution in [1.29, 1.82) is 0 Å². The van der Waals surface area contributed by atoms with Crippen LogP contribution in [0.25, 0.3) is 0 Å².